The average Bonchev–Trinajstić information content (AvgIpc) is 2.95. The van der Waals surface area contributed by atoms with E-state index in [2.05, 4.69) is 9.97 Å². The first kappa shape index (κ1) is 14.5. The van der Waals surface area contributed by atoms with Gasteiger partial charge in [0.05, 0.1) is 4.92 Å². The van der Waals surface area contributed by atoms with Crippen molar-refractivity contribution in [3.8, 4) is 11.4 Å². The predicted octanol–water partition coefficient (Wildman–Crippen LogP) is 0.118. The number of nitrogens with zero attached hydrogens (tertiary/aromatic N) is 4. The molecule has 2 aromatic heterocycles. The largest absolute Gasteiger partial charge is 0.398 e. The van der Waals surface area contributed by atoms with Crippen molar-refractivity contribution in [1.82, 2.24) is 19.1 Å². The number of nitro benzene ring substituents is 1. The SMILES string of the molecule is Cn1c(=O)c2[nH]c(-c3ccc([N+](=O)[O-])cc3N)nc2n(C)c1=O. The lowest BCUT2D eigenvalue weighted by molar-refractivity contribution is -0.384. The Morgan fingerprint density at radius 2 is 1.96 bits per heavy atom. The summed E-state index contributed by atoms with van der Waals surface area (Å²) in [6.45, 7) is 0. The number of fused-ring (bicyclic) bond motifs is 1. The van der Waals surface area contributed by atoms with Gasteiger partial charge in [0.25, 0.3) is 11.2 Å². The normalized spacial score (nSPS) is 11.0. The molecule has 3 N–H and O–H groups in total. The molecule has 0 aliphatic rings. The lowest BCUT2D eigenvalue weighted by atomic mass is 10.1. The molecule has 0 radical (unpaired) electrons. The summed E-state index contributed by atoms with van der Waals surface area (Å²) in [5.41, 5.74) is 5.55. The van der Waals surface area contributed by atoms with Gasteiger partial charge in [0.1, 0.15) is 11.3 Å². The van der Waals surface area contributed by atoms with Crippen molar-refractivity contribution in [3.05, 3.63) is 49.2 Å². The minimum atomic E-state index is -0.557. The summed E-state index contributed by atoms with van der Waals surface area (Å²) < 4.78 is 2.20. The molecule has 0 aliphatic carbocycles. The Hall–Kier alpha value is -3.43. The van der Waals surface area contributed by atoms with Crippen molar-refractivity contribution in [3.63, 3.8) is 0 Å². The Morgan fingerprint density at radius 3 is 2.57 bits per heavy atom. The van der Waals surface area contributed by atoms with Crippen LogP contribution in [0.3, 0.4) is 0 Å². The number of H-pyrrole nitrogens is 1. The number of nitrogens with one attached hydrogen (secondary N) is 1. The van der Waals surface area contributed by atoms with Gasteiger partial charge in [-0.1, -0.05) is 0 Å². The minimum absolute atomic E-state index is 0.139. The lowest BCUT2D eigenvalue weighted by Gasteiger charge is -2.01. The van der Waals surface area contributed by atoms with Gasteiger partial charge in [-0.2, -0.15) is 0 Å². The first-order valence-corrected chi connectivity index (χ1v) is 6.51. The third-order valence-corrected chi connectivity index (χ3v) is 3.60. The third kappa shape index (κ3) is 2.08. The highest BCUT2D eigenvalue weighted by Crippen LogP contribution is 2.28. The number of anilines is 1. The zero-order chi connectivity index (χ0) is 16.9. The molecule has 0 fully saturated rings. The van der Waals surface area contributed by atoms with Crippen LogP contribution >= 0.6 is 0 Å². The van der Waals surface area contributed by atoms with E-state index in [4.69, 9.17) is 5.73 Å². The van der Waals surface area contributed by atoms with E-state index in [1.54, 1.807) is 0 Å². The number of hydrogen-bond acceptors (Lipinski definition) is 6. The molecule has 0 unspecified atom stereocenters. The van der Waals surface area contributed by atoms with Crippen LogP contribution in [0.25, 0.3) is 22.6 Å². The first-order valence-electron chi connectivity index (χ1n) is 6.51. The minimum Gasteiger partial charge on any atom is -0.398 e. The van der Waals surface area contributed by atoms with Crippen LogP contribution in [-0.4, -0.2) is 24.0 Å². The topological polar surface area (TPSA) is 142 Å². The number of non-ortho nitro benzene ring substituents is 1. The molecule has 0 aliphatic heterocycles. The molecule has 0 spiro atoms. The number of rotatable bonds is 2. The molecule has 1 aromatic carbocycles. The summed E-state index contributed by atoms with van der Waals surface area (Å²) in [5.74, 6) is 0.255. The van der Waals surface area contributed by atoms with Crippen molar-refractivity contribution >= 4 is 22.5 Å². The molecule has 10 heteroatoms. The van der Waals surface area contributed by atoms with Crippen LogP contribution in [-0.2, 0) is 14.1 Å². The smallest absolute Gasteiger partial charge is 0.332 e. The highest BCUT2D eigenvalue weighted by molar-refractivity contribution is 5.80. The number of benzene rings is 1. The molecule has 0 bridgehead atoms. The summed E-state index contributed by atoms with van der Waals surface area (Å²) in [5, 5.41) is 10.8. The summed E-state index contributed by atoms with van der Waals surface area (Å²) in [7, 11) is 2.86. The van der Waals surface area contributed by atoms with Crippen LogP contribution < -0.4 is 17.0 Å². The van der Waals surface area contributed by atoms with E-state index in [1.807, 2.05) is 0 Å². The molecule has 0 atom stereocenters. The standard InChI is InChI=1S/C13H12N6O4/c1-17-11-9(12(20)18(2)13(17)21)15-10(16-11)7-4-3-6(19(22)23)5-8(7)14/h3-5H,14H2,1-2H3,(H,15,16). The van der Waals surface area contributed by atoms with Gasteiger partial charge in [0.15, 0.2) is 5.65 Å². The highest BCUT2D eigenvalue weighted by Gasteiger charge is 2.17. The first-order chi connectivity index (χ1) is 10.8. The van der Waals surface area contributed by atoms with E-state index in [0.717, 1.165) is 4.57 Å². The number of aryl methyl sites for hydroxylation is 1. The van der Waals surface area contributed by atoms with E-state index in [0.29, 0.717) is 5.56 Å². The maximum Gasteiger partial charge on any atom is 0.332 e. The van der Waals surface area contributed by atoms with Crippen molar-refractivity contribution in [2.75, 3.05) is 5.73 Å². The molecule has 0 saturated heterocycles. The number of nitro groups is 1. The van der Waals surface area contributed by atoms with Gasteiger partial charge >= 0.3 is 5.69 Å². The average molecular weight is 316 g/mol. The molecular formula is C13H12N6O4. The molecule has 0 amide bonds. The predicted molar refractivity (Wildman–Crippen MR) is 83.1 cm³/mol. The monoisotopic (exact) mass is 316 g/mol. The molecule has 0 saturated carbocycles. The van der Waals surface area contributed by atoms with E-state index in [9.17, 15) is 19.7 Å². The van der Waals surface area contributed by atoms with Crippen molar-refractivity contribution in [2.45, 2.75) is 0 Å². The third-order valence-electron chi connectivity index (χ3n) is 3.60. The quantitative estimate of drug-likeness (QED) is 0.390. The van der Waals surface area contributed by atoms with E-state index in [1.165, 1.54) is 36.9 Å². The van der Waals surface area contributed by atoms with Gasteiger partial charge in [-0.25, -0.2) is 9.78 Å². The van der Waals surface area contributed by atoms with E-state index in [-0.39, 0.29) is 28.4 Å². The Balaban J connectivity index is 2.29. The summed E-state index contributed by atoms with van der Waals surface area (Å²) in [6, 6.07) is 3.93. The maximum absolute atomic E-state index is 12.1. The van der Waals surface area contributed by atoms with Crippen LogP contribution in [0.15, 0.2) is 27.8 Å². The Morgan fingerprint density at radius 1 is 1.26 bits per heavy atom. The zero-order valence-corrected chi connectivity index (χ0v) is 12.2. The Labute approximate surface area is 128 Å². The van der Waals surface area contributed by atoms with Crippen molar-refractivity contribution in [1.29, 1.82) is 0 Å². The lowest BCUT2D eigenvalue weighted by Crippen LogP contribution is -2.36. The second-order valence-corrected chi connectivity index (χ2v) is 5.02. The summed E-state index contributed by atoms with van der Waals surface area (Å²) >= 11 is 0. The fourth-order valence-electron chi connectivity index (χ4n) is 2.33. The van der Waals surface area contributed by atoms with Gasteiger partial charge < -0.3 is 10.7 Å². The van der Waals surface area contributed by atoms with Crippen LogP contribution in [0.2, 0.25) is 0 Å². The molecule has 3 rings (SSSR count). The number of nitrogen functional groups attached to an aromatic ring is 1. The highest BCUT2D eigenvalue weighted by atomic mass is 16.6. The number of nitrogens with two attached hydrogens (primary N) is 1. The van der Waals surface area contributed by atoms with Gasteiger partial charge in [0, 0.05) is 37.5 Å². The maximum atomic E-state index is 12.1. The summed E-state index contributed by atoms with van der Waals surface area (Å²) in [6.07, 6.45) is 0. The van der Waals surface area contributed by atoms with Gasteiger partial charge in [-0.05, 0) is 6.07 Å². The van der Waals surface area contributed by atoms with Crippen LogP contribution in [0, 0.1) is 10.1 Å². The van der Waals surface area contributed by atoms with E-state index >= 15 is 0 Å². The molecule has 10 nitrogen and oxygen atoms in total. The van der Waals surface area contributed by atoms with Crippen molar-refractivity contribution in [2.24, 2.45) is 14.1 Å². The number of aromatic nitrogens is 4. The molecule has 3 aromatic rings. The van der Waals surface area contributed by atoms with Gasteiger partial charge in [0.2, 0.25) is 0 Å². The van der Waals surface area contributed by atoms with Crippen LogP contribution in [0.1, 0.15) is 0 Å². The molecule has 2 heterocycles. The number of imidazole rings is 1. The summed E-state index contributed by atoms with van der Waals surface area (Å²) in [4.78, 5) is 41.3. The van der Waals surface area contributed by atoms with Crippen LogP contribution in [0.5, 0.6) is 0 Å². The van der Waals surface area contributed by atoms with Gasteiger partial charge in [-0.15, -0.1) is 0 Å². The fraction of sp³-hybridized carbons (Fsp3) is 0.154. The zero-order valence-electron chi connectivity index (χ0n) is 12.2. The molecular weight excluding hydrogens is 304 g/mol. The second kappa shape index (κ2) is 4.80. The fourth-order valence-corrected chi connectivity index (χ4v) is 2.33. The second-order valence-electron chi connectivity index (χ2n) is 5.02. The van der Waals surface area contributed by atoms with Gasteiger partial charge in [-0.3, -0.25) is 24.0 Å². The number of hydrogen-bond donors (Lipinski definition) is 2. The number of aromatic amines is 1. The molecule has 118 valence electrons. The molecule has 23 heavy (non-hydrogen) atoms. The van der Waals surface area contributed by atoms with E-state index < -0.39 is 16.2 Å². The Kier molecular flexibility index (Phi) is 3.03. The Bertz CT molecular complexity index is 1070. The van der Waals surface area contributed by atoms with Crippen LogP contribution in [0.4, 0.5) is 11.4 Å². The van der Waals surface area contributed by atoms with Crippen molar-refractivity contribution < 1.29 is 4.92 Å².